The van der Waals surface area contributed by atoms with Gasteiger partial charge in [-0.05, 0) is 38.1 Å². The number of ether oxygens (including phenoxy) is 1. The van der Waals surface area contributed by atoms with Crippen LogP contribution in [0.5, 0.6) is 0 Å². The molecule has 0 radical (unpaired) electrons. The zero-order chi connectivity index (χ0) is 19.7. The van der Waals surface area contributed by atoms with E-state index in [0.29, 0.717) is 11.4 Å². The van der Waals surface area contributed by atoms with Crippen LogP contribution in [0.3, 0.4) is 0 Å². The highest BCUT2D eigenvalue weighted by molar-refractivity contribution is 6.30. The summed E-state index contributed by atoms with van der Waals surface area (Å²) in [7, 11) is 1.53. The minimum Gasteiger partial charge on any atom is -0.480 e. The summed E-state index contributed by atoms with van der Waals surface area (Å²) in [6.45, 7) is 4.03. The van der Waals surface area contributed by atoms with Gasteiger partial charge in [0.1, 0.15) is 6.04 Å². The quantitative estimate of drug-likeness (QED) is 0.845. The standard InChI is InChI=1S/C19H22ClN3O4/c1-11-16(12(2)23(21-11)14-6-4-13(20)5-7-14)9-18(24)22-10-15(27-3)8-17(22)19(25)26/h4-7,15,17H,8-10H2,1-3H3,(H,25,26). The Balaban J connectivity index is 1.84. The van der Waals surface area contributed by atoms with E-state index in [1.807, 2.05) is 26.0 Å². The number of carboxylic acids is 1. The average Bonchev–Trinajstić information content (AvgIpc) is 3.19. The molecule has 144 valence electrons. The Labute approximate surface area is 162 Å². The lowest BCUT2D eigenvalue weighted by molar-refractivity contribution is -0.148. The third kappa shape index (κ3) is 3.84. The lowest BCUT2D eigenvalue weighted by Crippen LogP contribution is -2.41. The smallest absolute Gasteiger partial charge is 0.326 e. The van der Waals surface area contributed by atoms with Gasteiger partial charge in [-0.25, -0.2) is 9.48 Å². The van der Waals surface area contributed by atoms with Gasteiger partial charge in [0.25, 0.3) is 0 Å². The summed E-state index contributed by atoms with van der Waals surface area (Å²) in [4.78, 5) is 25.7. The lowest BCUT2D eigenvalue weighted by atomic mass is 10.1. The van der Waals surface area contributed by atoms with E-state index in [9.17, 15) is 14.7 Å². The topological polar surface area (TPSA) is 84.7 Å². The van der Waals surface area contributed by atoms with Crippen LogP contribution in [0.2, 0.25) is 5.02 Å². The van der Waals surface area contributed by atoms with Crippen LogP contribution in [-0.4, -0.2) is 57.5 Å². The first-order valence-corrected chi connectivity index (χ1v) is 9.05. The van der Waals surface area contributed by atoms with Gasteiger partial charge in [0, 0.05) is 36.4 Å². The summed E-state index contributed by atoms with van der Waals surface area (Å²) in [5.41, 5.74) is 3.24. The molecule has 1 amide bonds. The summed E-state index contributed by atoms with van der Waals surface area (Å²) in [5, 5.41) is 14.6. The highest BCUT2D eigenvalue weighted by atomic mass is 35.5. The number of hydrogen-bond acceptors (Lipinski definition) is 4. The van der Waals surface area contributed by atoms with E-state index in [-0.39, 0.29) is 25.0 Å². The van der Waals surface area contributed by atoms with Crippen LogP contribution in [0.25, 0.3) is 5.69 Å². The maximum Gasteiger partial charge on any atom is 0.326 e. The van der Waals surface area contributed by atoms with Gasteiger partial charge in [-0.15, -0.1) is 0 Å². The SMILES string of the molecule is COC1CC(C(=O)O)N(C(=O)Cc2c(C)nn(-c3ccc(Cl)cc3)c2C)C1. The second-order valence-electron chi connectivity index (χ2n) is 6.71. The molecule has 1 fully saturated rings. The van der Waals surface area contributed by atoms with Crippen molar-refractivity contribution >= 4 is 23.5 Å². The van der Waals surface area contributed by atoms with Gasteiger partial charge < -0.3 is 14.7 Å². The van der Waals surface area contributed by atoms with Crippen LogP contribution in [0.15, 0.2) is 24.3 Å². The van der Waals surface area contributed by atoms with E-state index in [4.69, 9.17) is 16.3 Å². The first-order chi connectivity index (χ1) is 12.8. The summed E-state index contributed by atoms with van der Waals surface area (Å²) in [6.07, 6.45) is 0.152. The summed E-state index contributed by atoms with van der Waals surface area (Å²) in [5.74, 6) is -1.24. The Bertz CT molecular complexity index is 863. The minimum absolute atomic E-state index is 0.103. The number of rotatable bonds is 5. The monoisotopic (exact) mass is 391 g/mol. The first-order valence-electron chi connectivity index (χ1n) is 8.68. The number of nitrogens with zero attached hydrogens (tertiary/aromatic N) is 3. The highest BCUT2D eigenvalue weighted by Crippen LogP contribution is 2.24. The van der Waals surface area contributed by atoms with Crippen LogP contribution in [0.4, 0.5) is 0 Å². The molecule has 0 bridgehead atoms. The van der Waals surface area contributed by atoms with E-state index in [2.05, 4.69) is 5.10 Å². The van der Waals surface area contributed by atoms with Crippen molar-refractivity contribution in [3.63, 3.8) is 0 Å². The zero-order valence-electron chi connectivity index (χ0n) is 15.5. The van der Waals surface area contributed by atoms with Crippen molar-refractivity contribution in [2.45, 2.75) is 38.8 Å². The molecule has 1 aromatic heterocycles. The average molecular weight is 392 g/mol. The number of aryl methyl sites for hydroxylation is 1. The van der Waals surface area contributed by atoms with Gasteiger partial charge in [0.15, 0.2) is 0 Å². The molecule has 2 aromatic rings. The number of carbonyl (C=O) groups excluding carboxylic acids is 1. The van der Waals surface area contributed by atoms with Crippen molar-refractivity contribution in [1.82, 2.24) is 14.7 Å². The van der Waals surface area contributed by atoms with Crippen LogP contribution in [-0.2, 0) is 20.7 Å². The van der Waals surface area contributed by atoms with Gasteiger partial charge >= 0.3 is 5.97 Å². The number of halogens is 1. The molecule has 27 heavy (non-hydrogen) atoms. The molecular formula is C19H22ClN3O4. The maximum atomic E-state index is 12.8. The molecule has 2 unspecified atom stereocenters. The molecule has 0 spiro atoms. The number of benzene rings is 1. The Hall–Kier alpha value is -2.38. The Morgan fingerprint density at radius 1 is 1.30 bits per heavy atom. The number of methoxy groups -OCH3 is 1. The molecular weight excluding hydrogens is 370 g/mol. The van der Waals surface area contributed by atoms with Gasteiger partial charge in [-0.2, -0.15) is 5.10 Å². The number of amides is 1. The van der Waals surface area contributed by atoms with E-state index in [0.717, 1.165) is 22.6 Å². The molecule has 0 saturated carbocycles. The molecule has 3 rings (SSSR count). The van der Waals surface area contributed by atoms with Crippen LogP contribution in [0.1, 0.15) is 23.4 Å². The Morgan fingerprint density at radius 3 is 2.56 bits per heavy atom. The number of aromatic nitrogens is 2. The van der Waals surface area contributed by atoms with E-state index in [1.54, 1.807) is 16.8 Å². The molecule has 2 heterocycles. The molecule has 1 aliphatic heterocycles. The number of carboxylic acid groups (broad SMARTS) is 1. The fraction of sp³-hybridized carbons (Fsp3) is 0.421. The third-order valence-corrected chi connectivity index (χ3v) is 5.29. The second-order valence-corrected chi connectivity index (χ2v) is 7.14. The molecule has 1 saturated heterocycles. The van der Waals surface area contributed by atoms with E-state index >= 15 is 0 Å². The van der Waals surface area contributed by atoms with Crippen molar-refractivity contribution in [1.29, 1.82) is 0 Å². The third-order valence-electron chi connectivity index (χ3n) is 5.04. The molecule has 7 nitrogen and oxygen atoms in total. The van der Waals surface area contributed by atoms with E-state index in [1.165, 1.54) is 12.0 Å². The summed E-state index contributed by atoms with van der Waals surface area (Å²) < 4.78 is 7.03. The summed E-state index contributed by atoms with van der Waals surface area (Å²) in [6, 6.07) is 6.43. The van der Waals surface area contributed by atoms with E-state index < -0.39 is 12.0 Å². The zero-order valence-corrected chi connectivity index (χ0v) is 16.2. The van der Waals surface area contributed by atoms with Crippen LogP contribution in [0, 0.1) is 13.8 Å². The number of likely N-dealkylation sites (tertiary alicyclic amines) is 1. The van der Waals surface area contributed by atoms with Crippen molar-refractivity contribution in [2.75, 3.05) is 13.7 Å². The van der Waals surface area contributed by atoms with Gasteiger partial charge in [0.05, 0.1) is 23.9 Å². The molecule has 1 N–H and O–H groups in total. The van der Waals surface area contributed by atoms with Crippen LogP contribution >= 0.6 is 11.6 Å². The first kappa shape index (κ1) is 19.4. The largest absolute Gasteiger partial charge is 0.480 e. The number of carbonyl (C=O) groups is 2. The number of hydrogen-bond donors (Lipinski definition) is 1. The van der Waals surface area contributed by atoms with Crippen molar-refractivity contribution in [3.8, 4) is 5.69 Å². The second kappa shape index (κ2) is 7.70. The maximum absolute atomic E-state index is 12.8. The van der Waals surface area contributed by atoms with Crippen molar-refractivity contribution in [3.05, 3.63) is 46.2 Å². The molecule has 1 aliphatic rings. The highest BCUT2D eigenvalue weighted by Gasteiger charge is 2.40. The van der Waals surface area contributed by atoms with Gasteiger partial charge in [0.2, 0.25) is 5.91 Å². The summed E-state index contributed by atoms with van der Waals surface area (Å²) >= 11 is 5.94. The Kier molecular flexibility index (Phi) is 5.53. The van der Waals surface area contributed by atoms with Crippen molar-refractivity contribution in [2.24, 2.45) is 0 Å². The normalized spacial score (nSPS) is 19.5. The molecule has 0 aliphatic carbocycles. The molecule has 2 atom stereocenters. The fourth-order valence-electron chi connectivity index (χ4n) is 3.50. The van der Waals surface area contributed by atoms with Crippen LogP contribution < -0.4 is 0 Å². The lowest BCUT2D eigenvalue weighted by Gasteiger charge is -2.21. The minimum atomic E-state index is -1.01. The molecule has 1 aromatic carbocycles. The molecule has 8 heteroatoms. The predicted molar refractivity (Wildman–Crippen MR) is 100 cm³/mol. The van der Waals surface area contributed by atoms with Gasteiger partial charge in [-0.3, -0.25) is 4.79 Å². The Morgan fingerprint density at radius 2 is 1.96 bits per heavy atom. The number of aliphatic carboxylic acids is 1. The van der Waals surface area contributed by atoms with Crippen molar-refractivity contribution < 1.29 is 19.4 Å². The van der Waals surface area contributed by atoms with Gasteiger partial charge in [-0.1, -0.05) is 11.6 Å². The fourth-order valence-corrected chi connectivity index (χ4v) is 3.62. The predicted octanol–water partition coefficient (Wildman–Crippen LogP) is 2.39.